The Kier molecular flexibility index (Phi) is 10.6. The number of hydrogen-bond acceptors (Lipinski definition) is 4. The molecule has 116 valence electrons. The summed E-state index contributed by atoms with van der Waals surface area (Å²) in [5.74, 6) is -3.11. The number of amides is 2. The van der Waals surface area contributed by atoms with Gasteiger partial charge in [-0.15, -0.1) is 0 Å². The molecule has 6 nitrogen and oxygen atoms in total. The standard InChI is InChI=1S/C14H26N2O4/c1-2-3-4-5-6-7-8-9-12(17)11(10-13(15)18)14(19)16-20/h11,20H,2-10H2,1H3,(H2,15,18)(H,16,19). The Balaban J connectivity index is 3.95. The van der Waals surface area contributed by atoms with Gasteiger partial charge in [-0.05, 0) is 6.42 Å². The van der Waals surface area contributed by atoms with Gasteiger partial charge in [-0.1, -0.05) is 45.4 Å². The van der Waals surface area contributed by atoms with Crippen LogP contribution in [0.5, 0.6) is 0 Å². The lowest BCUT2D eigenvalue weighted by atomic mass is 9.94. The third kappa shape index (κ3) is 8.63. The van der Waals surface area contributed by atoms with Crippen LogP contribution in [0.2, 0.25) is 0 Å². The smallest absolute Gasteiger partial charge is 0.254 e. The van der Waals surface area contributed by atoms with Crippen molar-refractivity contribution in [2.24, 2.45) is 11.7 Å². The number of nitrogens with one attached hydrogen (secondary N) is 1. The van der Waals surface area contributed by atoms with Crippen LogP contribution in [-0.2, 0) is 14.4 Å². The van der Waals surface area contributed by atoms with E-state index >= 15 is 0 Å². The summed E-state index contributed by atoms with van der Waals surface area (Å²) < 4.78 is 0. The SMILES string of the molecule is CCCCCCCCCC(=O)C(CC(N)=O)C(=O)NO. The Morgan fingerprint density at radius 2 is 1.60 bits per heavy atom. The fourth-order valence-corrected chi connectivity index (χ4v) is 2.06. The number of carbonyl (C=O) groups is 3. The molecule has 0 heterocycles. The fourth-order valence-electron chi connectivity index (χ4n) is 2.06. The molecular weight excluding hydrogens is 260 g/mol. The van der Waals surface area contributed by atoms with Gasteiger partial charge in [0, 0.05) is 12.8 Å². The molecule has 0 rings (SSSR count). The van der Waals surface area contributed by atoms with E-state index in [1.165, 1.54) is 24.7 Å². The quantitative estimate of drug-likeness (QED) is 0.219. The van der Waals surface area contributed by atoms with Crippen LogP contribution in [0.1, 0.15) is 64.7 Å². The molecule has 0 aromatic rings. The van der Waals surface area contributed by atoms with Crippen molar-refractivity contribution in [1.29, 1.82) is 0 Å². The molecule has 1 unspecified atom stereocenters. The van der Waals surface area contributed by atoms with Crippen molar-refractivity contribution < 1.29 is 19.6 Å². The molecule has 2 amide bonds. The van der Waals surface area contributed by atoms with E-state index in [0.29, 0.717) is 6.42 Å². The molecule has 0 aromatic heterocycles. The summed E-state index contributed by atoms with van der Waals surface area (Å²) in [5, 5.41) is 8.56. The molecule has 6 heteroatoms. The Labute approximate surface area is 120 Å². The maximum atomic E-state index is 11.8. The van der Waals surface area contributed by atoms with Crippen LogP contribution in [0.3, 0.4) is 0 Å². The normalized spacial score (nSPS) is 11.9. The van der Waals surface area contributed by atoms with Crippen molar-refractivity contribution in [3.8, 4) is 0 Å². The minimum atomic E-state index is -1.17. The summed E-state index contributed by atoms with van der Waals surface area (Å²) in [4.78, 5) is 34.0. The minimum absolute atomic E-state index is 0.235. The van der Waals surface area contributed by atoms with E-state index in [2.05, 4.69) is 6.92 Å². The molecule has 20 heavy (non-hydrogen) atoms. The van der Waals surface area contributed by atoms with Crippen LogP contribution >= 0.6 is 0 Å². The van der Waals surface area contributed by atoms with Gasteiger partial charge in [-0.25, -0.2) is 5.48 Å². The predicted molar refractivity (Wildman–Crippen MR) is 74.8 cm³/mol. The van der Waals surface area contributed by atoms with Gasteiger partial charge in [-0.2, -0.15) is 0 Å². The van der Waals surface area contributed by atoms with Crippen molar-refractivity contribution >= 4 is 17.6 Å². The molecule has 0 aliphatic heterocycles. The van der Waals surface area contributed by atoms with E-state index in [1.807, 2.05) is 0 Å². The second kappa shape index (κ2) is 11.4. The van der Waals surface area contributed by atoms with Gasteiger partial charge in [-0.3, -0.25) is 19.6 Å². The molecule has 0 aliphatic carbocycles. The number of carbonyl (C=O) groups excluding carboxylic acids is 3. The highest BCUT2D eigenvalue weighted by Gasteiger charge is 2.27. The molecule has 1 atom stereocenters. The Morgan fingerprint density at radius 1 is 1.05 bits per heavy atom. The third-order valence-corrected chi connectivity index (χ3v) is 3.25. The number of primary amides is 1. The molecular formula is C14H26N2O4. The largest absolute Gasteiger partial charge is 0.370 e. The highest BCUT2D eigenvalue weighted by Crippen LogP contribution is 2.13. The van der Waals surface area contributed by atoms with E-state index < -0.39 is 17.7 Å². The van der Waals surface area contributed by atoms with E-state index in [4.69, 9.17) is 10.9 Å². The highest BCUT2D eigenvalue weighted by atomic mass is 16.5. The average Bonchev–Trinajstić information content (AvgIpc) is 2.42. The van der Waals surface area contributed by atoms with Crippen LogP contribution in [0.15, 0.2) is 0 Å². The lowest BCUT2D eigenvalue weighted by Gasteiger charge is -2.11. The van der Waals surface area contributed by atoms with E-state index in [-0.39, 0.29) is 18.6 Å². The number of Topliss-reactive ketones (excluding diaryl/α,β-unsaturated/α-hetero) is 1. The molecule has 4 N–H and O–H groups in total. The molecule has 0 aromatic carbocycles. The van der Waals surface area contributed by atoms with E-state index in [9.17, 15) is 14.4 Å². The van der Waals surface area contributed by atoms with Gasteiger partial charge in [0.1, 0.15) is 11.7 Å². The Hall–Kier alpha value is -1.43. The molecule has 0 saturated carbocycles. The summed E-state index contributed by atoms with van der Waals surface area (Å²) >= 11 is 0. The number of nitrogens with two attached hydrogens (primary N) is 1. The maximum absolute atomic E-state index is 11.8. The van der Waals surface area contributed by atoms with Gasteiger partial charge in [0.15, 0.2) is 0 Å². The number of hydrogen-bond donors (Lipinski definition) is 3. The lowest BCUT2D eigenvalue weighted by Crippen LogP contribution is -2.36. The van der Waals surface area contributed by atoms with Crippen LogP contribution in [0.25, 0.3) is 0 Å². The minimum Gasteiger partial charge on any atom is -0.370 e. The van der Waals surface area contributed by atoms with Crippen molar-refractivity contribution in [2.75, 3.05) is 0 Å². The highest BCUT2D eigenvalue weighted by molar-refractivity contribution is 6.03. The Bertz CT molecular complexity index is 318. The first-order valence-corrected chi connectivity index (χ1v) is 7.27. The number of hydroxylamine groups is 1. The number of rotatable bonds is 12. The number of unbranched alkanes of at least 4 members (excludes halogenated alkanes) is 6. The molecule has 0 fully saturated rings. The summed E-state index contributed by atoms with van der Waals surface area (Å²) in [6.45, 7) is 2.16. The van der Waals surface area contributed by atoms with E-state index in [1.54, 1.807) is 0 Å². The molecule has 0 bridgehead atoms. The second-order valence-corrected chi connectivity index (χ2v) is 5.04. The number of ketones is 1. The van der Waals surface area contributed by atoms with Gasteiger partial charge in [0.05, 0.1) is 0 Å². The van der Waals surface area contributed by atoms with E-state index in [0.717, 1.165) is 19.3 Å². The molecule has 0 saturated heterocycles. The first-order valence-electron chi connectivity index (χ1n) is 7.27. The molecule has 0 radical (unpaired) electrons. The zero-order valence-corrected chi connectivity index (χ0v) is 12.2. The zero-order valence-electron chi connectivity index (χ0n) is 12.2. The van der Waals surface area contributed by atoms with Crippen LogP contribution in [0, 0.1) is 5.92 Å². The third-order valence-electron chi connectivity index (χ3n) is 3.25. The lowest BCUT2D eigenvalue weighted by molar-refractivity contribution is -0.142. The summed E-state index contributed by atoms with van der Waals surface area (Å²) in [6, 6.07) is 0. The van der Waals surface area contributed by atoms with Crippen molar-refractivity contribution in [3.05, 3.63) is 0 Å². The van der Waals surface area contributed by atoms with Crippen LogP contribution in [0.4, 0.5) is 0 Å². The molecule has 0 aliphatic rings. The average molecular weight is 286 g/mol. The zero-order chi connectivity index (χ0) is 15.4. The summed E-state index contributed by atoms with van der Waals surface area (Å²) in [5.41, 5.74) is 6.40. The fraction of sp³-hybridized carbons (Fsp3) is 0.786. The predicted octanol–water partition coefficient (Wildman–Crippen LogP) is 1.69. The first kappa shape index (κ1) is 18.6. The molecule has 0 spiro atoms. The first-order chi connectivity index (χ1) is 9.52. The van der Waals surface area contributed by atoms with Gasteiger partial charge >= 0.3 is 0 Å². The van der Waals surface area contributed by atoms with Crippen molar-refractivity contribution in [1.82, 2.24) is 5.48 Å². The van der Waals surface area contributed by atoms with Crippen LogP contribution < -0.4 is 11.2 Å². The van der Waals surface area contributed by atoms with Crippen molar-refractivity contribution in [3.63, 3.8) is 0 Å². The topological polar surface area (TPSA) is 109 Å². The Morgan fingerprint density at radius 3 is 2.10 bits per heavy atom. The van der Waals surface area contributed by atoms with Crippen LogP contribution in [-0.4, -0.2) is 22.8 Å². The van der Waals surface area contributed by atoms with Gasteiger partial charge in [0.2, 0.25) is 5.91 Å². The summed E-state index contributed by atoms with van der Waals surface area (Å²) in [6.07, 6.45) is 7.37. The van der Waals surface area contributed by atoms with Gasteiger partial charge < -0.3 is 5.73 Å². The monoisotopic (exact) mass is 286 g/mol. The second-order valence-electron chi connectivity index (χ2n) is 5.04. The summed E-state index contributed by atoms with van der Waals surface area (Å²) in [7, 11) is 0. The maximum Gasteiger partial charge on any atom is 0.254 e. The van der Waals surface area contributed by atoms with Crippen molar-refractivity contribution in [2.45, 2.75) is 64.7 Å². The van der Waals surface area contributed by atoms with Gasteiger partial charge in [0.25, 0.3) is 5.91 Å².